The van der Waals surface area contributed by atoms with Crippen molar-refractivity contribution in [1.82, 2.24) is 5.32 Å². The molecule has 5 nitrogen and oxygen atoms in total. The van der Waals surface area contributed by atoms with Gasteiger partial charge in [0.1, 0.15) is 0 Å². The average Bonchev–Trinajstić information content (AvgIpc) is 3.05. The standard InChI is InChI=1S/C17H21F3N2O3/c1-10(2)11-3-5-13(6-4-11)22-15(23)14(12-7-8-21-9-12)25-16(24)17(18,19)20/h3-6,10,12,14,21H,7-9H2,1-2H3,(H,22,23). The number of carbonyl (C=O) groups is 2. The van der Waals surface area contributed by atoms with Crippen LogP contribution in [0.25, 0.3) is 0 Å². The Morgan fingerprint density at radius 2 is 1.88 bits per heavy atom. The molecular weight excluding hydrogens is 337 g/mol. The summed E-state index contributed by atoms with van der Waals surface area (Å²) in [7, 11) is 0. The summed E-state index contributed by atoms with van der Waals surface area (Å²) in [5, 5.41) is 5.48. The van der Waals surface area contributed by atoms with Gasteiger partial charge in [-0.2, -0.15) is 13.2 Å². The number of alkyl halides is 3. The summed E-state index contributed by atoms with van der Waals surface area (Å²) >= 11 is 0. The lowest BCUT2D eigenvalue weighted by Crippen LogP contribution is -2.42. The Morgan fingerprint density at radius 3 is 2.36 bits per heavy atom. The monoisotopic (exact) mass is 358 g/mol. The van der Waals surface area contributed by atoms with Crippen LogP contribution in [-0.2, 0) is 14.3 Å². The van der Waals surface area contributed by atoms with Crippen LogP contribution in [0.1, 0.15) is 31.7 Å². The highest BCUT2D eigenvalue weighted by Crippen LogP contribution is 2.24. The third-order valence-corrected chi connectivity index (χ3v) is 4.10. The number of carbonyl (C=O) groups excluding carboxylic acids is 2. The summed E-state index contributed by atoms with van der Waals surface area (Å²) in [4.78, 5) is 23.6. The molecule has 0 radical (unpaired) electrons. The van der Waals surface area contributed by atoms with Crippen LogP contribution < -0.4 is 10.6 Å². The Balaban J connectivity index is 2.10. The average molecular weight is 358 g/mol. The fraction of sp³-hybridized carbons (Fsp3) is 0.529. The molecule has 1 fully saturated rings. The molecule has 2 N–H and O–H groups in total. The summed E-state index contributed by atoms with van der Waals surface area (Å²) in [5.74, 6) is -3.30. The molecule has 2 unspecified atom stereocenters. The maximum absolute atomic E-state index is 12.5. The van der Waals surface area contributed by atoms with Gasteiger partial charge in [-0.1, -0.05) is 26.0 Å². The van der Waals surface area contributed by atoms with Crippen molar-refractivity contribution in [3.05, 3.63) is 29.8 Å². The number of ether oxygens (including phenoxy) is 1. The third-order valence-electron chi connectivity index (χ3n) is 4.10. The molecule has 1 amide bonds. The topological polar surface area (TPSA) is 67.4 Å². The normalized spacial score (nSPS) is 18.9. The van der Waals surface area contributed by atoms with Gasteiger partial charge >= 0.3 is 12.1 Å². The van der Waals surface area contributed by atoms with Gasteiger partial charge in [0.15, 0.2) is 6.10 Å². The molecule has 0 aliphatic carbocycles. The number of hydrogen-bond acceptors (Lipinski definition) is 4. The number of amides is 1. The number of hydrogen-bond donors (Lipinski definition) is 2. The van der Waals surface area contributed by atoms with Gasteiger partial charge in [-0.15, -0.1) is 0 Å². The first-order chi connectivity index (χ1) is 11.7. The maximum atomic E-state index is 12.5. The molecule has 1 saturated heterocycles. The molecule has 1 aliphatic heterocycles. The largest absolute Gasteiger partial charge is 0.490 e. The van der Waals surface area contributed by atoms with E-state index in [2.05, 4.69) is 15.4 Å². The highest BCUT2D eigenvalue weighted by Gasteiger charge is 2.45. The smallest absolute Gasteiger partial charge is 0.445 e. The SMILES string of the molecule is CC(C)c1ccc(NC(=O)C(OC(=O)C(F)(F)F)C2CCNC2)cc1. The molecule has 1 aliphatic rings. The predicted octanol–water partition coefficient (Wildman–Crippen LogP) is 2.83. The van der Waals surface area contributed by atoms with Crippen LogP contribution in [0, 0.1) is 5.92 Å². The van der Waals surface area contributed by atoms with Crippen molar-refractivity contribution < 1.29 is 27.5 Å². The maximum Gasteiger partial charge on any atom is 0.490 e. The van der Waals surface area contributed by atoms with E-state index in [1.165, 1.54) is 0 Å². The van der Waals surface area contributed by atoms with Crippen LogP contribution in [0.4, 0.5) is 18.9 Å². The van der Waals surface area contributed by atoms with Crippen LogP contribution >= 0.6 is 0 Å². The molecule has 1 heterocycles. The van der Waals surface area contributed by atoms with Gasteiger partial charge in [-0.05, 0) is 36.6 Å². The summed E-state index contributed by atoms with van der Waals surface area (Å²) in [6.07, 6.45) is -6.17. The Kier molecular flexibility index (Phi) is 6.05. The van der Waals surface area contributed by atoms with Gasteiger partial charge in [0.25, 0.3) is 5.91 Å². The lowest BCUT2D eigenvalue weighted by Gasteiger charge is -2.23. The first-order valence-electron chi connectivity index (χ1n) is 8.08. The van der Waals surface area contributed by atoms with Crippen LogP contribution in [0.5, 0.6) is 0 Å². The third kappa shape index (κ3) is 5.19. The molecule has 2 rings (SSSR count). The van der Waals surface area contributed by atoms with Crippen LogP contribution in [0.2, 0.25) is 0 Å². The van der Waals surface area contributed by atoms with Crippen molar-refractivity contribution in [2.75, 3.05) is 18.4 Å². The molecule has 0 spiro atoms. The predicted molar refractivity (Wildman–Crippen MR) is 86.1 cm³/mol. The number of benzene rings is 1. The number of nitrogens with one attached hydrogen (secondary N) is 2. The summed E-state index contributed by atoms with van der Waals surface area (Å²) in [6, 6.07) is 6.99. The summed E-state index contributed by atoms with van der Waals surface area (Å²) < 4.78 is 41.9. The van der Waals surface area contributed by atoms with E-state index in [0.29, 0.717) is 31.1 Å². The van der Waals surface area contributed by atoms with E-state index in [1.54, 1.807) is 12.1 Å². The fourth-order valence-corrected chi connectivity index (χ4v) is 2.65. The lowest BCUT2D eigenvalue weighted by molar-refractivity contribution is -0.206. The van der Waals surface area contributed by atoms with Crippen LogP contribution in [0.3, 0.4) is 0 Å². The molecule has 0 bridgehead atoms. The first-order valence-corrected chi connectivity index (χ1v) is 8.08. The van der Waals surface area contributed by atoms with Crippen LogP contribution in [-0.4, -0.2) is 37.2 Å². The van der Waals surface area contributed by atoms with Gasteiger partial charge in [0.05, 0.1) is 0 Å². The van der Waals surface area contributed by atoms with E-state index >= 15 is 0 Å². The minimum atomic E-state index is -5.14. The van der Waals surface area contributed by atoms with E-state index in [1.807, 2.05) is 26.0 Å². The van der Waals surface area contributed by atoms with Gasteiger partial charge < -0.3 is 15.4 Å². The molecule has 138 valence electrons. The Morgan fingerprint density at radius 1 is 1.24 bits per heavy atom. The molecular formula is C17H21F3N2O3. The van der Waals surface area contributed by atoms with Crippen molar-refractivity contribution in [1.29, 1.82) is 0 Å². The van der Waals surface area contributed by atoms with E-state index in [4.69, 9.17) is 0 Å². The first kappa shape index (κ1) is 19.2. The van der Waals surface area contributed by atoms with Crippen molar-refractivity contribution in [3.63, 3.8) is 0 Å². The van der Waals surface area contributed by atoms with Gasteiger partial charge in [-0.25, -0.2) is 4.79 Å². The molecule has 2 atom stereocenters. The van der Waals surface area contributed by atoms with E-state index in [0.717, 1.165) is 5.56 Å². The van der Waals surface area contributed by atoms with Gasteiger partial charge in [-0.3, -0.25) is 4.79 Å². The molecule has 0 aromatic heterocycles. The van der Waals surface area contributed by atoms with Crippen molar-refractivity contribution >= 4 is 17.6 Å². The zero-order valence-electron chi connectivity index (χ0n) is 14.0. The molecule has 1 aromatic rings. The molecule has 8 heteroatoms. The summed E-state index contributed by atoms with van der Waals surface area (Å²) in [5.41, 5.74) is 1.51. The van der Waals surface area contributed by atoms with Crippen molar-refractivity contribution in [3.8, 4) is 0 Å². The van der Waals surface area contributed by atoms with Crippen LogP contribution in [0.15, 0.2) is 24.3 Å². The fourth-order valence-electron chi connectivity index (χ4n) is 2.65. The number of halogens is 3. The van der Waals surface area contributed by atoms with E-state index in [9.17, 15) is 22.8 Å². The van der Waals surface area contributed by atoms with E-state index < -0.39 is 30.1 Å². The van der Waals surface area contributed by atoms with Crippen molar-refractivity contribution in [2.45, 2.75) is 38.5 Å². The highest BCUT2D eigenvalue weighted by atomic mass is 19.4. The van der Waals surface area contributed by atoms with Gasteiger partial charge in [0, 0.05) is 18.2 Å². The Hall–Kier alpha value is -2.09. The highest BCUT2D eigenvalue weighted by molar-refractivity contribution is 5.96. The minimum Gasteiger partial charge on any atom is -0.445 e. The second-order valence-corrected chi connectivity index (χ2v) is 6.34. The number of rotatable bonds is 5. The quantitative estimate of drug-likeness (QED) is 0.795. The zero-order chi connectivity index (χ0) is 18.6. The minimum absolute atomic E-state index is 0.315. The molecule has 0 saturated carbocycles. The Bertz CT molecular complexity index is 609. The number of esters is 1. The number of anilines is 1. The second kappa shape index (κ2) is 7.86. The molecule has 25 heavy (non-hydrogen) atoms. The Labute approximate surface area is 143 Å². The summed E-state index contributed by atoms with van der Waals surface area (Å²) in [6.45, 7) is 4.91. The van der Waals surface area contributed by atoms with E-state index in [-0.39, 0.29) is 0 Å². The lowest BCUT2D eigenvalue weighted by atomic mass is 10.00. The second-order valence-electron chi connectivity index (χ2n) is 6.34. The zero-order valence-corrected chi connectivity index (χ0v) is 14.0. The van der Waals surface area contributed by atoms with Crippen molar-refractivity contribution in [2.24, 2.45) is 5.92 Å². The molecule has 1 aromatic carbocycles. The van der Waals surface area contributed by atoms with Gasteiger partial charge in [0.2, 0.25) is 0 Å².